The van der Waals surface area contributed by atoms with E-state index in [0.29, 0.717) is 21.3 Å². The Hall–Kier alpha value is -1.86. The summed E-state index contributed by atoms with van der Waals surface area (Å²) in [6, 6.07) is 7.79. The summed E-state index contributed by atoms with van der Waals surface area (Å²) in [6.07, 6.45) is 5.67. The molecule has 3 rings (SSSR count). The first-order chi connectivity index (χ1) is 12.1. The van der Waals surface area contributed by atoms with Gasteiger partial charge in [-0.1, -0.05) is 30.6 Å². The number of hydrogen-bond donors (Lipinski definition) is 2. The van der Waals surface area contributed by atoms with Gasteiger partial charge in [0.15, 0.2) is 3.95 Å². The van der Waals surface area contributed by atoms with Gasteiger partial charge in [-0.2, -0.15) is 0 Å². The zero-order valence-corrected chi connectivity index (χ0v) is 15.9. The quantitative estimate of drug-likeness (QED) is 0.762. The average molecular weight is 378 g/mol. The number of aromatic nitrogens is 1. The Bertz CT molecular complexity index is 790. The number of carbonyl (C=O) groups excluding carboxylic acids is 1. The average Bonchev–Trinajstić information content (AvgIpc) is 2.92. The van der Waals surface area contributed by atoms with Crippen molar-refractivity contribution >= 4 is 35.3 Å². The molecule has 0 aliphatic heterocycles. The third-order valence-corrected chi connectivity index (χ3v) is 5.79. The molecular weight excluding hydrogens is 354 g/mol. The topological polar surface area (TPSA) is 69.3 Å². The van der Waals surface area contributed by atoms with Crippen LogP contribution in [0, 0.1) is 3.95 Å². The van der Waals surface area contributed by atoms with E-state index in [1.54, 1.807) is 4.57 Å². The van der Waals surface area contributed by atoms with Crippen molar-refractivity contribution in [3.05, 3.63) is 33.1 Å². The summed E-state index contributed by atoms with van der Waals surface area (Å²) < 4.78 is 7.76. The van der Waals surface area contributed by atoms with E-state index >= 15 is 0 Å². The molecule has 1 aliphatic carbocycles. The lowest BCUT2D eigenvalue weighted by atomic mass is 9.95. The summed E-state index contributed by atoms with van der Waals surface area (Å²) in [6.45, 7) is 2.56. The lowest BCUT2D eigenvalue weighted by Gasteiger charge is -2.22. The standard InChI is InChI=1S/C18H23N3O2S2/c1-2-23-14-10-8-13(9-11-14)21-16(19)15(25-18(21)24)17(22)20-12-6-4-3-5-7-12/h8-12H,2-7,19H2,1H3,(H,20,22). The van der Waals surface area contributed by atoms with Crippen LogP contribution in [-0.2, 0) is 0 Å². The van der Waals surface area contributed by atoms with Crippen LogP contribution in [0.15, 0.2) is 24.3 Å². The van der Waals surface area contributed by atoms with Crippen molar-refractivity contribution in [3.8, 4) is 11.4 Å². The van der Waals surface area contributed by atoms with Crippen molar-refractivity contribution < 1.29 is 9.53 Å². The minimum Gasteiger partial charge on any atom is -0.494 e. The van der Waals surface area contributed by atoms with Gasteiger partial charge in [0.1, 0.15) is 16.4 Å². The molecule has 1 heterocycles. The minimum atomic E-state index is -0.120. The fraction of sp³-hybridized carbons (Fsp3) is 0.444. The van der Waals surface area contributed by atoms with E-state index in [1.807, 2.05) is 31.2 Å². The molecule has 7 heteroatoms. The number of nitrogens with zero attached hydrogens (tertiary/aromatic N) is 1. The largest absolute Gasteiger partial charge is 0.494 e. The van der Waals surface area contributed by atoms with Crippen molar-refractivity contribution in [1.82, 2.24) is 9.88 Å². The second-order valence-corrected chi connectivity index (χ2v) is 7.80. The molecule has 0 saturated heterocycles. The van der Waals surface area contributed by atoms with E-state index in [0.717, 1.165) is 24.3 Å². The van der Waals surface area contributed by atoms with Crippen LogP contribution in [0.25, 0.3) is 5.69 Å². The molecule has 0 bridgehead atoms. The van der Waals surface area contributed by atoms with Gasteiger partial charge in [0.25, 0.3) is 5.91 Å². The van der Waals surface area contributed by atoms with Gasteiger partial charge in [0, 0.05) is 11.7 Å². The van der Waals surface area contributed by atoms with Gasteiger partial charge < -0.3 is 15.8 Å². The molecule has 0 unspecified atom stereocenters. The predicted molar refractivity (Wildman–Crippen MR) is 104 cm³/mol. The van der Waals surface area contributed by atoms with E-state index in [4.69, 9.17) is 22.7 Å². The van der Waals surface area contributed by atoms with Crippen molar-refractivity contribution in [2.24, 2.45) is 0 Å². The van der Waals surface area contributed by atoms with E-state index in [9.17, 15) is 4.79 Å². The Morgan fingerprint density at radius 1 is 1.32 bits per heavy atom. The number of hydrogen-bond acceptors (Lipinski definition) is 5. The number of nitrogens with one attached hydrogen (secondary N) is 1. The van der Waals surface area contributed by atoms with E-state index in [-0.39, 0.29) is 11.9 Å². The third-order valence-electron chi connectivity index (χ3n) is 4.40. The highest BCUT2D eigenvalue weighted by Crippen LogP contribution is 2.28. The first kappa shape index (κ1) is 17.9. The second-order valence-electron chi connectivity index (χ2n) is 6.15. The summed E-state index contributed by atoms with van der Waals surface area (Å²) in [5.74, 6) is 1.07. The maximum Gasteiger partial charge on any atom is 0.265 e. The zero-order chi connectivity index (χ0) is 17.8. The molecule has 3 N–H and O–H groups in total. The van der Waals surface area contributed by atoms with Crippen LogP contribution in [0.4, 0.5) is 5.82 Å². The maximum atomic E-state index is 12.6. The molecule has 0 radical (unpaired) electrons. The summed E-state index contributed by atoms with van der Waals surface area (Å²) in [7, 11) is 0. The number of nitrogens with two attached hydrogens (primary N) is 1. The lowest BCUT2D eigenvalue weighted by molar-refractivity contribution is 0.0932. The van der Waals surface area contributed by atoms with E-state index < -0.39 is 0 Å². The van der Waals surface area contributed by atoms with Crippen molar-refractivity contribution in [2.45, 2.75) is 45.1 Å². The molecule has 0 atom stereocenters. The van der Waals surface area contributed by atoms with Crippen LogP contribution in [0.5, 0.6) is 5.75 Å². The smallest absolute Gasteiger partial charge is 0.265 e. The molecule has 1 fully saturated rings. The predicted octanol–water partition coefficient (Wildman–Crippen LogP) is 4.31. The summed E-state index contributed by atoms with van der Waals surface area (Å²) in [4.78, 5) is 13.1. The SMILES string of the molecule is CCOc1ccc(-n2c(N)c(C(=O)NC3CCCCC3)sc2=S)cc1. The molecule has 5 nitrogen and oxygen atoms in total. The van der Waals surface area contributed by atoms with Gasteiger partial charge in [-0.3, -0.25) is 9.36 Å². The molecule has 1 aromatic heterocycles. The highest BCUT2D eigenvalue weighted by atomic mass is 32.1. The van der Waals surface area contributed by atoms with Crippen molar-refractivity contribution in [3.63, 3.8) is 0 Å². The van der Waals surface area contributed by atoms with Crippen LogP contribution in [-0.4, -0.2) is 23.1 Å². The minimum absolute atomic E-state index is 0.120. The summed E-state index contributed by atoms with van der Waals surface area (Å²) in [5.41, 5.74) is 7.09. The molecule has 0 spiro atoms. The van der Waals surface area contributed by atoms with Crippen molar-refractivity contribution in [2.75, 3.05) is 12.3 Å². The van der Waals surface area contributed by atoms with Gasteiger partial charge in [-0.25, -0.2) is 0 Å². The van der Waals surface area contributed by atoms with Gasteiger partial charge in [0.05, 0.1) is 6.61 Å². The number of anilines is 1. The van der Waals surface area contributed by atoms with Crippen molar-refractivity contribution in [1.29, 1.82) is 0 Å². The Labute approximate surface area is 156 Å². The molecular formula is C18H23N3O2S2. The Morgan fingerprint density at radius 3 is 2.64 bits per heavy atom. The molecule has 1 aromatic carbocycles. The number of thiazole rings is 1. The molecule has 1 saturated carbocycles. The van der Waals surface area contributed by atoms with Crippen LogP contribution in [0.3, 0.4) is 0 Å². The van der Waals surface area contributed by atoms with Gasteiger partial charge in [0.2, 0.25) is 0 Å². The number of amides is 1. The lowest BCUT2D eigenvalue weighted by Crippen LogP contribution is -2.36. The first-order valence-corrected chi connectivity index (χ1v) is 9.88. The number of rotatable bonds is 5. The fourth-order valence-electron chi connectivity index (χ4n) is 3.15. The van der Waals surface area contributed by atoms with Gasteiger partial charge in [-0.05, 0) is 56.2 Å². The van der Waals surface area contributed by atoms with E-state index in [2.05, 4.69) is 5.32 Å². The van der Waals surface area contributed by atoms with Crippen LogP contribution in [0.2, 0.25) is 0 Å². The monoisotopic (exact) mass is 377 g/mol. The highest BCUT2D eigenvalue weighted by Gasteiger charge is 2.22. The molecule has 25 heavy (non-hydrogen) atoms. The highest BCUT2D eigenvalue weighted by molar-refractivity contribution is 7.73. The number of carbonyl (C=O) groups is 1. The normalized spacial score (nSPS) is 15.1. The molecule has 1 aliphatic rings. The maximum absolute atomic E-state index is 12.6. The second kappa shape index (κ2) is 8.01. The summed E-state index contributed by atoms with van der Waals surface area (Å²) in [5, 5.41) is 3.11. The van der Waals surface area contributed by atoms with Crippen LogP contribution in [0.1, 0.15) is 48.7 Å². The zero-order valence-electron chi connectivity index (χ0n) is 14.3. The van der Waals surface area contributed by atoms with Gasteiger partial charge in [-0.15, -0.1) is 0 Å². The van der Waals surface area contributed by atoms with Crippen LogP contribution < -0.4 is 15.8 Å². The van der Waals surface area contributed by atoms with Gasteiger partial charge >= 0.3 is 0 Å². The molecule has 1 amide bonds. The molecule has 2 aromatic rings. The molecule has 134 valence electrons. The number of nitrogen functional groups attached to an aromatic ring is 1. The number of benzene rings is 1. The number of ether oxygens (including phenoxy) is 1. The Morgan fingerprint density at radius 2 is 2.00 bits per heavy atom. The summed E-state index contributed by atoms with van der Waals surface area (Å²) >= 11 is 6.70. The first-order valence-electron chi connectivity index (χ1n) is 8.65. The third kappa shape index (κ3) is 4.04. The van der Waals surface area contributed by atoms with E-state index in [1.165, 1.54) is 30.6 Å². The Kier molecular flexibility index (Phi) is 5.75. The Balaban J connectivity index is 1.82. The van der Waals surface area contributed by atoms with Crippen LogP contribution >= 0.6 is 23.6 Å². The fourth-order valence-corrected chi connectivity index (χ4v) is 4.42.